The zero-order chi connectivity index (χ0) is 18.1. The summed E-state index contributed by atoms with van der Waals surface area (Å²) in [5, 5.41) is 9.16. The highest BCUT2D eigenvalue weighted by Gasteiger charge is 2.32. The molecule has 0 saturated carbocycles. The lowest BCUT2D eigenvalue weighted by Gasteiger charge is -2.13. The van der Waals surface area contributed by atoms with Crippen molar-refractivity contribution in [1.82, 2.24) is 0 Å². The van der Waals surface area contributed by atoms with Gasteiger partial charge in [0.25, 0.3) is 10.0 Å². The number of carboxylic acid groups (broad SMARTS) is 1. The number of anilines is 1. The standard InChI is InChI=1S/C14H9ClF3NO4S/c15-10-1-3-12(4-2-10)24(22,23)19-11-6-8(13(20)21)5-9(7-11)14(16,17)18/h1-7,19H,(H,20,21). The van der Waals surface area contributed by atoms with Crippen LogP contribution in [0.3, 0.4) is 0 Å². The molecule has 0 atom stereocenters. The third-order valence-corrected chi connectivity index (χ3v) is 4.53. The summed E-state index contributed by atoms with van der Waals surface area (Å²) in [6, 6.07) is 6.65. The fraction of sp³-hybridized carbons (Fsp3) is 0.0714. The van der Waals surface area contributed by atoms with E-state index >= 15 is 0 Å². The number of nitrogens with one attached hydrogen (secondary N) is 1. The van der Waals surface area contributed by atoms with Crippen molar-refractivity contribution < 1.29 is 31.5 Å². The van der Waals surface area contributed by atoms with Gasteiger partial charge in [0.15, 0.2) is 0 Å². The summed E-state index contributed by atoms with van der Waals surface area (Å²) in [4.78, 5) is 10.7. The second kappa shape index (κ2) is 6.33. The third kappa shape index (κ3) is 4.18. The molecule has 128 valence electrons. The molecule has 0 saturated heterocycles. The van der Waals surface area contributed by atoms with Gasteiger partial charge >= 0.3 is 12.1 Å². The molecule has 2 rings (SSSR count). The first-order valence-corrected chi connectivity index (χ1v) is 8.09. The van der Waals surface area contributed by atoms with Crippen molar-refractivity contribution in [1.29, 1.82) is 0 Å². The monoisotopic (exact) mass is 379 g/mol. The SMILES string of the molecule is O=C(O)c1cc(NS(=O)(=O)c2ccc(Cl)cc2)cc(C(F)(F)F)c1. The minimum Gasteiger partial charge on any atom is -0.478 e. The van der Waals surface area contributed by atoms with Crippen LogP contribution < -0.4 is 4.72 Å². The zero-order valence-electron chi connectivity index (χ0n) is 11.6. The van der Waals surface area contributed by atoms with Crippen LogP contribution in [0.2, 0.25) is 5.02 Å². The van der Waals surface area contributed by atoms with Gasteiger partial charge in [0.05, 0.1) is 21.7 Å². The van der Waals surface area contributed by atoms with Crippen molar-refractivity contribution in [2.24, 2.45) is 0 Å². The molecular formula is C14H9ClF3NO4S. The molecule has 0 unspecified atom stereocenters. The summed E-state index contributed by atoms with van der Waals surface area (Å²) >= 11 is 5.64. The molecule has 24 heavy (non-hydrogen) atoms. The van der Waals surface area contributed by atoms with Crippen molar-refractivity contribution in [3.8, 4) is 0 Å². The molecule has 5 nitrogen and oxygen atoms in total. The summed E-state index contributed by atoms with van der Waals surface area (Å²) in [6.45, 7) is 0. The Morgan fingerprint density at radius 2 is 1.67 bits per heavy atom. The van der Waals surface area contributed by atoms with Gasteiger partial charge in [-0.05, 0) is 42.5 Å². The number of rotatable bonds is 4. The van der Waals surface area contributed by atoms with E-state index in [4.69, 9.17) is 16.7 Å². The van der Waals surface area contributed by atoms with Gasteiger partial charge in [0.1, 0.15) is 0 Å². The van der Waals surface area contributed by atoms with Crippen LogP contribution in [0.5, 0.6) is 0 Å². The van der Waals surface area contributed by atoms with E-state index in [0.717, 1.165) is 18.2 Å². The highest BCUT2D eigenvalue weighted by atomic mass is 35.5. The Bertz CT molecular complexity index is 880. The van der Waals surface area contributed by atoms with Crippen molar-refractivity contribution >= 4 is 33.3 Å². The van der Waals surface area contributed by atoms with Gasteiger partial charge in [-0.2, -0.15) is 13.2 Å². The lowest BCUT2D eigenvalue weighted by Crippen LogP contribution is -2.15. The summed E-state index contributed by atoms with van der Waals surface area (Å²) in [5.41, 5.74) is -2.49. The van der Waals surface area contributed by atoms with E-state index in [1.54, 1.807) is 0 Å². The molecule has 2 N–H and O–H groups in total. The summed E-state index contributed by atoms with van der Waals surface area (Å²) in [6.07, 6.45) is -4.83. The van der Waals surface area contributed by atoms with Crippen LogP contribution in [0.15, 0.2) is 47.4 Å². The maximum Gasteiger partial charge on any atom is 0.416 e. The lowest BCUT2D eigenvalue weighted by atomic mass is 10.1. The highest BCUT2D eigenvalue weighted by molar-refractivity contribution is 7.92. The van der Waals surface area contributed by atoms with E-state index in [9.17, 15) is 26.4 Å². The normalized spacial score (nSPS) is 12.0. The first-order chi connectivity index (χ1) is 11.0. The Morgan fingerprint density at radius 1 is 1.08 bits per heavy atom. The van der Waals surface area contributed by atoms with Crippen LogP contribution in [0.25, 0.3) is 0 Å². The fourth-order valence-electron chi connectivity index (χ4n) is 1.80. The molecule has 0 fully saturated rings. The van der Waals surface area contributed by atoms with E-state index in [0.29, 0.717) is 12.1 Å². The number of hydrogen-bond donors (Lipinski definition) is 2. The molecule has 0 radical (unpaired) electrons. The molecule has 0 aliphatic carbocycles. The number of carboxylic acids is 1. The molecule has 2 aromatic rings. The van der Waals surface area contributed by atoms with Gasteiger partial charge < -0.3 is 5.11 Å². The van der Waals surface area contributed by atoms with Crippen molar-refractivity contribution in [3.63, 3.8) is 0 Å². The van der Waals surface area contributed by atoms with Crippen LogP contribution >= 0.6 is 11.6 Å². The Kier molecular flexibility index (Phi) is 4.77. The summed E-state index contributed by atoms with van der Waals surface area (Å²) in [5.74, 6) is -1.62. The molecule has 0 amide bonds. The molecule has 0 aromatic heterocycles. The van der Waals surface area contributed by atoms with Gasteiger partial charge in [-0.15, -0.1) is 0 Å². The second-order valence-corrected chi connectivity index (χ2v) is 6.78. The Balaban J connectivity index is 2.46. The average molecular weight is 380 g/mol. The molecule has 0 heterocycles. The topological polar surface area (TPSA) is 83.5 Å². The minimum atomic E-state index is -4.83. The van der Waals surface area contributed by atoms with Crippen LogP contribution in [-0.2, 0) is 16.2 Å². The van der Waals surface area contributed by atoms with E-state index in [2.05, 4.69) is 0 Å². The molecule has 0 bridgehead atoms. The molecule has 10 heteroatoms. The van der Waals surface area contributed by atoms with Crippen LogP contribution in [0, 0.1) is 0 Å². The maximum absolute atomic E-state index is 12.8. The summed E-state index contributed by atoms with van der Waals surface area (Å²) in [7, 11) is -4.20. The number of aromatic carboxylic acids is 1. The average Bonchev–Trinajstić information content (AvgIpc) is 2.46. The number of hydrogen-bond acceptors (Lipinski definition) is 3. The zero-order valence-corrected chi connectivity index (χ0v) is 13.2. The quantitative estimate of drug-likeness (QED) is 0.845. The maximum atomic E-state index is 12.8. The van der Waals surface area contributed by atoms with Crippen molar-refractivity contribution in [2.75, 3.05) is 4.72 Å². The number of sulfonamides is 1. The van der Waals surface area contributed by atoms with Gasteiger partial charge in [-0.3, -0.25) is 4.72 Å². The van der Waals surface area contributed by atoms with Crippen LogP contribution in [-0.4, -0.2) is 19.5 Å². The number of alkyl halides is 3. The van der Waals surface area contributed by atoms with Gasteiger partial charge in [0, 0.05) is 5.02 Å². The predicted octanol–water partition coefficient (Wildman–Crippen LogP) is 3.86. The molecule has 0 spiro atoms. The number of benzene rings is 2. The Hall–Kier alpha value is -2.26. The van der Waals surface area contributed by atoms with E-state index in [-0.39, 0.29) is 9.92 Å². The first-order valence-electron chi connectivity index (χ1n) is 6.23. The first kappa shape index (κ1) is 18.1. The van der Waals surface area contributed by atoms with Crippen LogP contribution in [0.4, 0.5) is 18.9 Å². The third-order valence-electron chi connectivity index (χ3n) is 2.88. The highest BCUT2D eigenvalue weighted by Crippen LogP contribution is 2.32. The van der Waals surface area contributed by atoms with E-state index in [1.165, 1.54) is 12.1 Å². The van der Waals surface area contributed by atoms with Crippen LogP contribution in [0.1, 0.15) is 15.9 Å². The summed E-state index contributed by atoms with van der Waals surface area (Å²) < 4.78 is 64.8. The van der Waals surface area contributed by atoms with Gasteiger partial charge in [-0.25, -0.2) is 13.2 Å². The van der Waals surface area contributed by atoms with Crippen molar-refractivity contribution in [2.45, 2.75) is 11.1 Å². The van der Waals surface area contributed by atoms with E-state index < -0.39 is 39.0 Å². The molecular weight excluding hydrogens is 371 g/mol. The predicted molar refractivity (Wildman–Crippen MR) is 80.7 cm³/mol. The second-order valence-electron chi connectivity index (χ2n) is 4.66. The Morgan fingerprint density at radius 3 is 2.17 bits per heavy atom. The fourth-order valence-corrected chi connectivity index (χ4v) is 2.97. The molecule has 0 aliphatic rings. The lowest BCUT2D eigenvalue weighted by molar-refractivity contribution is -0.137. The van der Waals surface area contributed by atoms with Gasteiger partial charge in [-0.1, -0.05) is 11.6 Å². The number of carbonyl (C=O) groups is 1. The molecule has 2 aromatic carbocycles. The minimum absolute atomic E-state index is 0.235. The largest absolute Gasteiger partial charge is 0.478 e. The Labute approximate surface area is 139 Å². The molecule has 0 aliphatic heterocycles. The number of halogens is 4. The van der Waals surface area contributed by atoms with E-state index in [1.807, 2.05) is 4.72 Å². The smallest absolute Gasteiger partial charge is 0.416 e. The van der Waals surface area contributed by atoms with Gasteiger partial charge in [0.2, 0.25) is 0 Å². The van der Waals surface area contributed by atoms with Crippen molar-refractivity contribution in [3.05, 3.63) is 58.6 Å².